The van der Waals surface area contributed by atoms with E-state index < -0.39 is 34.8 Å². The van der Waals surface area contributed by atoms with E-state index in [1.54, 1.807) is 0 Å². The molecule has 0 spiro atoms. The third-order valence-electron chi connectivity index (χ3n) is 4.62. The summed E-state index contributed by atoms with van der Waals surface area (Å²) in [5.41, 5.74) is -1.26. The van der Waals surface area contributed by atoms with Gasteiger partial charge in [0.1, 0.15) is 5.69 Å². The first-order valence-corrected chi connectivity index (χ1v) is 7.67. The number of nitrogens with one attached hydrogen (secondary N) is 1. The monoisotopic (exact) mass is 335 g/mol. The van der Waals surface area contributed by atoms with Gasteiger partial charge in [-0.05, 0) is 19.9 Å². The molecule has 1 aromatic rings. The molecule has 0 atom stereocenters. The molecule has 0 unspecified atom stereocenters. The maximum atomic E-state index is 13.7. The van der Waals surface area contributed by atoms with Crippen LogP contribution in [0.3, 0.4) is 0 Å². The van der Waals surface area contributed by atoms with Gasteiger partial charge in [-0.1, -0.05) is 19.3 Å². The van der Waals surface area contributed by atoms with E-state index in [0.29, 0.717) is 6.54 Å². The summed E-state index contributed by atoms with van der Waals surface area (Å²) in [4.78, 5) is 4.48. The van der Waals surface area contributed by atoms with Crippen LogP contribution in [-0.2, 0) is 0 Å². The van der Waals surface area contributed by atoms with Crippen molar-refractivity contribution >= 4 is 5.69 Å². The van der Waals surface area contributed by atoms with Crippen molar-refractivity contribution in [2.45, 2.75) is 37.6 Å². The molecular weight excluding hydrogens is 314 g/mol. The van der Waals surface area contributed by atoms with Gasteiger partial charge in [-0.2, -0.15) is 22.5 Å². The lowest BCUT2D eigenvalue weighted by Gasteiger charge is -2.45. The smallest absolute Gasteiger partial charge is 0.253 e. The number of nitrogens with zero attached hydrogens (tertiary/aromatic N) is 2. The Morgan fingerprint density at radius 3 is 2.17 bits per heavy atom. The molecule has 4 nitrogen and oxygen atoms in total. The van der Waals surface area contributed by atoms with Gasteiger partial charge in [-0.3, -0.25) is 4.90 Å². The van der Waals surface area contributed by atoms with Crippen LogP contribution in [0.5, 0.6) is 0 Å². The second-order valence-corrected chi connectivity index (χ2v) is 5.98. The van der Waals surface area contributed by atoms with Crippen molar-refractivity contribution in [3.8, 4) is 0 Å². The zero-order valence-electron chi connectivity index (χ0n) is 13.0. The van der Waals surface area contributed by atoms with Crippen molar-refractivity contribution in [1.82, 2.24) is 9.88 Å². The zero-order chi connectivity index (χ0) is 17.0. The number of likely N-dealkylation sites (N-methyl/N-ethyl adjacent to an activating group) is 1. The number of halogens is 4. The van der Waals surface area contributed by atoms with Crippen molar-refractivity contribution in [1.29, 1.82) is 0 Å². The summed E-state index contributed by atoms with van der Waals surface area (Å²) in [6.07, 6.45) is 4.50. The molecule has 1 aromatic heterocycles. The third-order valence-corrected chi connectivity index (χ3v) is 4.62. The van der Waals surface area contributed by atoms with Crippen LogP contribution in [0.4, 0.5) is 23.2 Å². The predicted octanol–water partition coefficient (Wildman–Crippen LogP) is 2.68. The van der Waals surface area contributed by atoms with Crippen LogP contribution in [0, 0.1) is 23.5 Å². The van der Waals surface area contributed by atoms with E-state index in [4.69, 9.17) is 5.11 Å². The molecule has 0 amide bonds. The number of hydrogen-bond donors (Lipinski definition) is 2. The van der Waals surface area contributed by atoms with Gasteiger partial charge in [-0.15, -0.1) is 0 Å². The lowest BCUT2D eigenvalue weighted by Crippen LogP contribution is -2.53. The van der Waals surface area contributed by atoms with E-state index in [1.807, 2.05) is 11.9 Å². The van der Waals surface area contributed by atoms with Crippen LogP contribution in [0.25, 0.3) is 0 Å². The number of hydrogen-bond acceptors (Lipinski definition) is 4. The van der Waals surface area contributed by atoms with Crippen LogP contribution in [0.2, 0.25) is 0 Å². The van der Waals surface area contributed by atoms with E-state index in [1.165, 1.54) is 0 Å². The second-order valence-electron chi connectivity index (χ2n) is 5.98. The minimum atomic E-state index is -1.67. The number of aliphatic hydroxyl groups is 1. The van der Waals surface area contributed by atoms with Crippen molar-refractivity contribution in [2.24, 2.45) is 0 Å². The van der Waals surface area contributed by atoms with E-state index in [9.17, 15) is 17.6 Å². The van der Waals surface area contributed by atoms with E-state index in [0.717, 1.165) is 32.1 Å². The predicted molar refractivity (Wildman–Crippen MR) is 78.1 cm³/mol. The normalized spacial score (nSPS) is 17.5. The molecule has 1 aliphatic carbocycles. The Balaban J connectivity index is 2.22. The van der Waals surface area contributed by atoms with E-state index in [2.05, 4.69) is 10.3 Å². The lowest BCUT2D eigenvalue weighted by atomic mass is 9.80. The highest BCUT2D eigenvalue weighted by atomic mass is 19.2. The first-order chi connectivity index (χ1) is 10.9. The molecule has 0 aromatic carbocycles. The van der Waals surface area contributed by atoms with Gasteiger partial charge in [0.25, 0.3) is 11.9 Å². The molecule has 2 N–H and O–H groups in total. The quantitative estimate of drug-likeness (QED) is 0.620. The average Bonchev–Trinajstić information content (AvgIpc) is 2.54. The Labute approximate surface area is 132 Å². The molecule has 2 rings (SSSR count). The van der Waals surface area contributed by atoms with Crippen LogP contribution < -0.4 is 5.32 Å². The van der Waals surface area contributed by atoms with E-state index in [-0.39, 0.29) is 13.2 Å². The van der Waals surface area contributed by atoms with Gasteiger partial charge in [0, 0.05) is 18.6 Å². The molecule has 8 heteroatoms. The summed E-state index contributed by atoms with van der Waals surface area (Å²) >= 11 is 0. The van der Waals surface area contributed by atoms with Crippen LogP contribution in [0.15, 0.2) is 0 Å². The molecule has 0 aliphatic heterocycles. The van der Waals surface area contributed by atoms with Gasteiger partial charge in [-0.25, -0.2) is 0 Å². The SMILES string of the molecule is CN(CCO)C1(CNc2c(F)c(F)nc(F)c2F)CCCCC1. The molecule has 1 aliphatic rings. The highest BCUT2D eigenvalue weighted by molar-refractivity contribution is 5.45. The molecule has 0 bridgehead atoms. The van der Waals surface area contributed by atoms with Crippen molar-refractivity contribution in [3.63, 3.8) is 0 Å². The number of rotatable bonds is 6. The molecule has 23 heavy (non-hydrogen) atoms. The minimum absolute atomic E-state index is 0.0422. The molecule has 1 saturated carbocycles. The minimum Gasteiger partial charge on any atom is -0.395 e. The number of pyridine rings is 1. The number of aromatic nitrogens is 1. The van der Waals surface area contributed by atoms with E-state index >= 15 is 0 Å². The first-order valence-electron chi connectivity index (χ1n) is 7.67. The summed E-state index contributed by atoms with van der Waals surface area (Å²) in [5, 5.41) is 11.7. The second kappa shape index (κ2) is 7.44. The highest BCUT2D eigenvalue weighted by Crippen LogP contribution is 2.34. The van der Waals surface area contributed by atoms with Crippen molar-refractivity contribution in [2.75, 3.05) is 32.1 Å². The van der Waals surface area contributed by atoms with Crippen LogP contribution in [-0.4, -0.2) is 47.3 Å². The zero-order valence-corrected chi connectivity index (χ0v) is 13.0. The topological polar surface area (TPSA) is 48.4 Å². The maximum Gasteiger partial charge on any atom is 0.253 e. The molecular formula is C15H21F4N3O. The Hall–Kier alpha value is -1.41. The summed E-state index contributed by atoms with van der Waals surface area (Å²) in [6, 6.07) is 0. The molecule has 130 valence electrons. The molecule has 1 heterocycles. The van der Waals surface area contributed by atoms with Crippen LogP contribution in [0.1, 0.15) is 32.1 Å². The third kappa shape index (κ3) is 3.74. The fraction of sp³-hybridized carbons (Fsp3) is 0.667. The average molecular weight is 335 g/mol. The van der Waals surface area contributed by atoms with Crippen molar-refractivity contribution < 1.29 is 22.7 Å². The Morgan fingerprint density at radius 1 is 1.09 bits per heavy atom. The number of aliphatic hydroxyl groups excluding tert-OH is 1. The van der Waals surface area contributed by atoms with Gasteiger partial charge < -0.3 is 10.4 Å². The Morgan fingerprint density at radius 2 is 1.65 bits per heavy atom. The molecule has 1 fully saturated rings. The standard InChI is InChI=1S/C15H21F4N3O/c1-22(7-8-23)15(5-3-2-4-6-15)9-20-12-10(16)13(18)21-14(19)11(12)17/h23H,2-9H2,1H3,(H,20,21). The molecule has 0 saturated heterocycles. The fourth-order valence-corrected chi connectivity index (χ4v) is 3.19. The summed E-state index contributed by atoms with van der Waals surface area (Å²) in [5.74, 6) is -6.40. The lowest BCUT2D eigenvalue weighted by molar-refractivity contribution is 0.0689. The summed E-state index contributed by atoms with van der Waals surface area (Å²) in [7, 11) is 1.82. The van der Waals surface area contributed by atoms with Crippen molar-refractivity contribution in [3.05, 3.63) is 23.5 Å². The van der Waals surface area contributed by atoms with Gasteiger partial charge >= 0.3 is 0 Å². The number of anilines is 1. The Bertz CT molecular complexity index is 524. The van der Waals surface area contributed by atoms with Gasteiger partial charge in [0.05, 0.1) is 6.61 Å². The summed E-state index contributed by atoms with van der Waals surface area (Å²) in [6.45, 7) is 0.491. The maximum absolute atomic E-state index is 13.7. The molecule has 0 radical (unpaired) electrons. The number of β-amino-alcohol motifs (C(OH)–C–C–N with tert-alkyl or cyclic N) is 1. The van der Waals surface area contributed by atoms with Gasteiger partial charge in [0.15, 0.2) is 0 Å². The first kappa shape index (κ1) is 17.9. The fourth-order valence-electron chi connectivity index (χ4n) is 3.19. The van der Waals surface area contributed by atoms with Gasteiger partial charge in [0.2, 0.25) is 11.6 Å². The summed E-state index contributed by atoms with van der Waals surface area (Å²) < 4.78 is 53.8. The Kier molecular flexibility index (Phi) is 5.80. The largest absolute Gasteiger partial charge is 0.395 e. The van der Waals surface area contributed by atoms with Crippen LogP contribution >= 0.6 is 0 Å². The highest BCUT2D eigenvalue weighted by Gasteiger charge is 2.36.